The predicted molar refractivity (Wildman–Crippen MR) is 73.5 cm³/mol. The molecular weight excluding hydrogens is 248 g/mol. The number of hydrogen-bond donors (Lipinski definition) is 1. The van der Waals surface area contributed by atoms with Crippen LogP contribution in [0.3, 0.4) is 0 Å². The first-order valence-corrected chi connectivity index (χ1v) is 6.08. The summed E-state index contributed by atoms with van der Waals surface area (Å²) in [5.41, 5.74) is 0.629. The van der Waals surface area contributed by atoms with Crippen LogP contribution < -0.4 is 5.32 Å². The maximum absolute atomic E-state index is 10.8. The van der Waals surface area contributed by atoms with Gasteiger partial charge in [0.05, 0.1) is 24.2 Å². The van der Waals surface area contributed by atoms with Gasteiger partial charge < -0.3 is 15.0 Å². The number of ether oxygens (including phenoxy) is 1. The Kier molecular flexibility index (Phi) is 6.17. The topological polar surface area (TPSA) is 80.5 Å². The first-order chi connectivity index (χ1) is 9.00. The number of nitro groups is 1. The summed E-state index contributed by atoms with van der Waals surface area (Å²) >= 11 is 0. The summed E-state index contributed by atoms with van der Waals surface area (Å²) in [6, 6.07) is 1.44. The van der Waals surface area contributed by atoms with E-state index in [4.69, 9.17) is 4.74 Å². The van der Waals surface area contributed by atoms with Crippen molar-refractivity contribution in [3.05, 3.63) is 27.9 Å². The Morgan fingerprint density at radius 1 is 1.47 bits per heavy atom. The standard InChI is InChI=1S/C12H20N4O3/c1-10-9-14-12(8-11(10)16(17)18)13-4-6-19-7-5-15(2)3/h8-9H,4-7H2,1-3H3,(H,13,14). The largest absolute Gasteiger partial charge is 0.378 e. The third-order valence-corrected chi connectivity index (χ3v) is 2.51. The van der Waals surface area contributed by atoms with Crippen molar-refractivity contribution in [1.29, 1.82) is 0 Å². The molecule has 1 aromatic heterocycles. The minimum atomic E-state index is -0.407. The number of aryl methyl sites for hydroxylation is 1. The Labute approximate surface area is 112 Å². The predicted octanol–water partition coefficient (Wildman–Crippen LogP) is 1.29. The van der Waals surface area contributed by atoms with Gasteiger partial charge in [-0.05, 0) is 21.0 Å². The summed E-state index contributed by atoms with van der Waals surface area (Å²) in [6.45, 7) is 4.31. The Morgan fingerprint density at radius 3 is 2.84 bits per heavy atom. The third-order valence-electron chi connectivity index (χ3n) is 2.51. The fraction of sp³-hybridized carbons (Fsp3) is 0.583. The van der Waals surface area contributed by atoms with Gasteiger partial charge in [0.15, 0.2) is 0 Å². The van der Waals surface area contributed by atoms with Crippen LogP contribution in [0.5, 0.6) is 0 Å². The van der Waals surface area contributed by atoms with E-state index in [1.807, 2.05) is 19.0 Å². The van der Waals surface area contributed by atoms with Crippen molar-refractivity contribution in [2.45, 2.75) is 6.92 Å². The van der Waals surface area contributed by atoms with Crippen molar-refractivity contribution >= 4 is 11.5 Å². The van der Waals surface area contributed by atoms with E-state index in [0.29, 0.717) is 31.1 Å². The quantitative estimate of drug-likeness (QED) is 0.434. The molecule has 0 aliphatic heterocycles. The highest BCUT2D eigenvalue weighted by atomic mass is 16.6. The highest BCUT2D eigenvalue weighted by Gasteiger charge is 2.11. The van der Waals surface area contributed by atoms with Crippen LogP contribution in [0.25, 0.3) is 0 Å². The zero-order valence-corrected chi connectivity index (χ0v) is 11.5. The molecule has 0 radical (unpaired) electrons. The van der Waals surface area contributed by atoms with Crippen molar-refractivity contribution in [3.8, 4) is 0 Å². The number of pyridine rings is 1. The van der Waals surface area contributed by atoms with Crippen LogP contribution in [-0.2, 0) is 4.74 Å². The number of rotatable bonds is 8. The molecule has 0 aliphatic carbocycles. The van der Waals surface area contributed by atoms with E-state index in [-0.39, 0.29) is 5.69 Å². The monoisotopic (exact) mass is 268 g/mol. The van der Waals surface area contributed by atoms with Crippen LogP contribution in [0, 0.1) is 17.0 Å². The van der Waals surface area contributed by atoms with Gasteiger partial charge in [-0.3, -0.25) is 10.1 Å². The fourth-order valence-electron chi connectivity index (χ4n) is 1.41. The lowest BCUT2D eigenvalue weighted by Crippen LogP contribution is -2.20. The van der Waals surface area contributed by atoms with E-state index < -0.39 is 4.92 Å². The number of hydrogen-bond acceptors (Lipinski definition) is 6. The van der Waals surface area contributed by atoms with Crippen molar-refractivity contribution in [2.75, 3.05) is 45.7 Å². The van der Waals surface area contributed by atoms with Gasteiger partial charge in [-0.1, -0.05) is 0 Å². The molecule has 7 nitrogen and oxygen atoms in total. The Morgan fingerprint density at radius 2 is 2.21 bits per heavy atom. The molecular formula is C12H20N4O3. The molecule has 1 heterocycles. The molecule has 0 aliphatic rings. The lowest BCUT2D eigenvalue weighted by atomic mass is 10.2. The SMILES string of the molecule is Cc1cnc(NCCOCCN(C)C)cc1[N+](=O)[O-]. The molecule has 0 spiro atoms. The zero-order valence-electron chi connectivity index (χ0n) is 11.5. The number of aromatic nitrogens is 1. The van der Waals surface area contributed by atoms with Crippen LogP contribution in [-0.4, -0.2) is 55.2 Å². The first-order valence-electron chi connectivity index (χ1n) is 6.08. The number of anilines is 1. The highest BCUT2D eigenvalue weighted by molar-refractivity contribution is 5.48. The van der Waals surface area contributed by atoms with Gasteiger partial charge >= 0.3 is 0 Å². The molecule has 0 atom stereocenters. The smallest absolute Gasteiger partial charge is 0.277 e. The molecule has 0 saturated carbocycles. The summed E-state index contributed by atoms with van der Waals surface area (Å²) in [6.07, 6.45) is 1.49. The summed E-state index contributed by atoms with van der Waals surface area (Å²) in [5, 5.41) is 13.8. The van der Waals surface area contributed by atoms with Crippen molar-refractivity contribution in [2.24, 2.45) is 0 Å². The Balaban J connectivity index is 2.34. The van der Waals surface area contributed by atoms with Crippen LogP contribution in [0.2, 0.25) is 0 Å². The normalized spacial score (nSPS) is 10.7. The average Bonchev–Trinajstić information content (AvgIpc) is 2.34. The summed E-state index contributed by atoms with van der Waals surface area (Å²) in [5.74, 6) is 0.494. The molecule has 1 rings (SSSR count). The summed E-state index contributed by atoms with van der Waals surface area (Å²) in [4.78, 5) is 16.5. The molecule has 106 valence electrons. The molecule has 0 amide bonds. The fourth-order valence-corrected chi connectivity index (χ4v) is 1.41. The van der Waals surface area contributed by atoms with Crippen molar-refractivity contribution in [1.82, 2.24) is 9.88 Å². The van der Waals surface area contributed by atoms with E-state index in [9.17, 15) is 10.1 Å². The van der Waals surface area contributed by atoms with E-state index in [2.05, 4.69) is 10.3 Å². The first kappa shape index (κ1) is 15.3. The van der Waals surface area contributed by atoms with Gasteiger partial charge in [0.2, 0.25) is 0 Å². The van der Waals surface area contributed by atoms with Gasteiger partial charge in [-0.15, -0.1) is 0 Å². The maximum Gasteiger partial charge on any atom is 0.277 e. The van der Waals surface area contributed by atoms with Crippen LogP contribution in [0.1, 0.15) is 5.56 Å². The third kappa shape index (κ3) is 5.62. The highest BCUT2D eigenvalue weighted by Crippen LogP contribution is 2.19. The van der Waals surface area contributed by atoms with Crippen LogP contribution in [0.15, 0.2) is 12.3 Å². The second kappa shape index (κ2) is 7.65. The van der Waals surface area contributed by atoms with Gasteiger partial charge in [-0.25, -0.2) is 4.98 Å². The van der Waals surface area contributed by atoms with Crippen LogP contribution >= 0.6 is 0 Å². The van der Waals surface area contributed by atoms with E-state index in [1.165, 1.54) is 12.3 Å². The lowest BCUT2D eigenvalue weighted by Gasteiger charge is -2.10. The zero-order chi connectivity index (χ0) is 14.3. The summed E-state index contributed by atoms with van der Waals surface area (Å²) in [7, 11) is 3.97. The molecule has 0 saturated heterocycles. The van der Waals surface area contributed by atoms with Gasteiger partial charge in [0.25, 0.3) is 5.69 Å². The second-order valence-corrected chi connectivity index (χ2v) is 4.46. The van der Waals surface area contributed by atoms with E-state index in [1.54, 1.807) is 6.92 Å². The lowest BCUT2D eigenvalue weighted by molar-refractivity contribution is -0.385. The Hall–Kier alpha value is -1.73. The average molecular weight is 268 g/mol. The van der Waals surface area contributed by atoms with Gasteiger partial charge in [0, 0.05) is 24.8 Å². The minimum absolute atomic E-state index is 0.0750. The molecule has 19 heavy (non-hydrogen) atoms. The molecule has 0 aromatic carbocycles. The molecule has 0 fully saturated rings. The summed E-state index contributed by atoms with van der Waals surface area (Å²) < 4.78 is 5.40. The molecule has 0 unspecified atom stereocenters. The maximum atomic E-state index is 10.8. The van der Waals surface area contributed by atoms with Crippen molar-refractivity contribution in [3.63, 3.8) is 0 Å². The number of likely N-dealkylation sites (N-methyl/N-ethyl adjacent to an activating group) is 1. The van der Waals surface area contributed by atoms with E-state index in [0.717, 1.165) is 6.54 Å². The van der Waals surface area contributed by atoms with E-state index >= 15 is 0 Å². The Bertz CT molecular complexity index is 423. The van der Waals surface area contributed by atoms with Crippen molar-refractivity contribution < 1.29 is 9.66 Å². The molecule has 1 aromatic rings. The molecule has 1 N–H and O–H groups in total. The van der Waals surface area contributed by atoms with Gasteiger partial charge in [-0.2, -0.15) is 0 Å². The van der Waals surface area contributed by atoms with Gasteiger partial charge in [0.1, 0.15) is 5.82 Å². The number of nitrogens with one attached hydrogen (secondary N) is 1. The molecule has 0 bridgehead atoms. The molecule has 7 heteroatoms. The number of nitrogens with zero attached hydrogens (tertiary/aromatic N) is 3. The minimum Gasteiger partial charge on any atom is -0.378 e. The van der Waals surface area contributed by atoms with Crippen LogP contribution in [0.4, 0.5) is 11.5 Å². The second-order valence-electron chi connectivity index (χ2n) is 4.46.